The smallest absolute Gasteiger partial charge is 0.122 e. The maximum Gasteiger partial charge on any atom is 0.122 e. The van der Waals surface area contributed by atoms with E-state index >= 15 is 0 Å². The molecule has 0 saturated carbocycles. The molecule has 0 aliphatic heterocycles. The molecule has 0 fully saturated rings. The summed E-state index contributed by atoms with van der Waals surface area (Å²) in [6.07, 6.45) is 0.872. The second-order valence-electron chi connectivity index (χ2n) is 11.9. The molecule has 3 N–H and O–H groups in total. The molecule has 3 rings (SSSR count). The van der Waals surface area contributed by atoms with Crippen LogP contribution >= 0.6 is 0 Å². The second kappa shape index (κ2) is 9.02. The number of phenolic OH excluding ortho intramolecular Hbond substituents is 3. The summed E-state index contributed by atoms with van der Waals surface area (Å²) in [4.78, 5) is 0. The van der Waals surface area contributed by atoms with Crippen LogP contribution in [0.1, 0.15) is 91.6 Å². The molecule has 3 aromatic carbocycles. The molecule has 3 aromatic rings. The van der Waals surface area contributed by atoms with Gasteiger partial charge >= 0.3 is 0 Å². The predicted molar refractivity (Wildman–Crippen MR) is 142 cm³/mol. The quantitative estimate of drug-likeness (QED) is 0.378. The lowest BCUT2D eigenvalue weighted by Crippen LogP contribution is -2.16. The molecule has 0 aliphatic carbocycles. The molecule has 3 nitrogen and oxygen atoms in total. The van der Waals surface area contributed by atoms with E-state index in [0.29, 0.717) is 12.8 Å². The zero-order valence-corrected chi connectivity index (χ0v) is 22.2. The SMILES string of the molecule is Cc1cc(Cc2c(O)cc(C)cc2C(C)(C)C)c(O)c(Cc2c(O)cc(C)cc2C(C)(C)C)c1. The number of hydrogen-bond donors (Lipinski definition) is 3. The predicted octanol–water partition coefficient (Wildman–Crippen LogP) is 7.51. The second-order valence-corrected chi connectivity index (χ2v) is 11.9. The van der Waals surface area contributed by atoms with Crippen molar-refractivity contribution in [1.29, 1.82) is 0 Å². The lowest BCUT2D eigenvalue weighted by molar-refractivity contribution is 0.452. The molecular formula is C31H40O3. The molecule has 0 radical (unpaired) electrons. The van der Waals surface area contributed by atoms with Crippen LogP contribution in [0.4, 0.5) is 0 Å². The highest BCUT2D eigenvalue weighted by Crippen LogP contribution is 2.39. The maximum absolute atomic E-state index is 11.4. The first-order valence-corrected chi connectivity index (χ1v) is 12.0. The van der Waals surface area contributed by atoms with Gasteiger partial charge in [0.1, 0.15) is 17.2 Å². The summed E-state index contributed by atoms with van der Waals surface area (Å²) in [5.74, 6) is 0.752. The average Bonchev–Trinajstić information content (AvgIpc) is 2.67. The van der Waals surface area contributed by atoms with Crippen LogP contribution in [-0.4, -0.2) is 15.3 Å². The molecule has 182 valence electrons. The topological polar surface area (TPSA) is 60.7 Å². The summed E-state index contributed by atoms with van der Waals surface area (Å²) >= 11 is 0. The zero-order chi connectivity index (χ0) is 25.6. The van der Waals surface area contributed by atoms with E-state index in [1.807, 2.05) is 32.9 Å². The van der Waals surface area contributed by atoms with Gasteiger partial charge in [-0.25, -0.2) is 0 Å². The van der Waals surface area contributed by atoms with Gasteiger partial charge in [-0.05, 0) is 77.1 Å². The van der Waals surface area contributed by atoms with Crippen molar-refractivity contribution in [1.82, 2.24) is 0 Å². The van der Waals surface area contributed by atoms with Gasteiger partial charge in [0, 0.05) is 24.0 Å². The van der Waals surface area contributed by atoms with E-state index in [0.717, 1.165) is 50.1 Å². The van der Waals surface area contributed by atoms with Crippen LogP contribution in [0.3, 0.4) is 0 Å². The van der Waals surface area contributed by atoms with E-state index in [2.05, 4.69) is 53.7 Å². The van der Waals surface area contributed by atoms with Crippen LogP contribution in [0.2, 0.25) is 0 Å². The third-order valence-electron chi connectivity index (χ3n) is 6.50. The van der Waals surface area contributed by atoms with Gasteiger partial charge in [-0.1, -0.05) is 71.4 Å². The highest BCUT2D eigenvalue weighted by atomic mass is 16.3. The molecule has 3 heteroatoms. The summed E-state index contributed by atoms with van der Waals surface area (Å²) < 4.78 is 0. The van der Waals surface area contributed by atoms with Crippen molar-refractivity contribution >= 4 is 0 Å². The van der Waals surface area contributed by atoms with Crippen LogP contribution in [-0.2, 0) is 23.7 Å². The van der Waals surface area contributed by atoms with E-state index in [1.165, 1.54) is 0 Å². The summed E-state index contributed by atoms with van der Waals surface area (Å²) in [7, 11) is 0. The third kappa shape index (κ3) is 5.41. The van der Waals surface area contributed by atoms with E-state index in [1.54, 1.807) is 12.1 Å². The van der Waals surface area contributed by atoms with Crippen molar-refractivity contribution in [3.63, 3.8) is 0 Å². The summed E-state index contributed by atoms with van der Waals surface area (Å²) in [6, 6.07) is 11.8. The monoisotopic (exact) mass is 460 g/mol. The molecule has 0 atom stereocenters. The summed E-state index contributed by atoms with van der Waals surface area (Å²) in [6.45, 7) is 18.8. The third-order valence-corrected chi connectivity index (χ3v) is 6.50. The Bertz CT molecular complexity index is 1130. The Morgan fingerprint density at radius 2 is 0.853 bits per heavy atom. The van der Waals surface area contributed by atoms with Crippen molar-refractivity contribution in [2.24, 2.45) is 0 Å². The molecule has 0 aromatic heterocycles. The minimum absolute atomic E-state index is 0.142. The zero-order valence-electron chi connectivity index (χ0n) is 22.2. The summed E-state index contributed by atoms with van der Waals surface area (Å²) in [5.41, 5.74) is 8.21. The van der Waals surface area contributed by atoms with Gasteiger partial charge in [0.05, 0.1) is 0 Å². The molecule has 0 spiro atoms. The normalized spacial score (nSPS) is 12.3. The van der Waals surface area contributed by atoms with Gasteiger partial charge in [0.15, 0.2) is 0 Å². The molecule has 0 amide bonds. The van der Waals surface area contributed by atoms with Crippen molar-refractivity contribution in [2.75, 3.05) is 0 Å². The van der Waals surface area contributed by atoms with Gasteiger partial charge in [-0.3, -0.25) is 0 Å². The van der Waals surface area contributed by atoms with Gasteiger partial charge in [-0.15, -0.1) is 0 Å². The van der Waals surface area contributed by atoms with Gasteiger partial charge in [0.25, 0.3) is 0 Å². The minimum atomic E-state index is -0.142. The van der Waals surface area contributed by atoms with Crippen molar-refractivity contribution < 1.29 is 15.3 Å². The molecular weight excluding hydrogens is 420 g/mol. The lowest BCUT2D eigenvalue weighted by Gasteiger charge is -2.26. The molecule has 0 aliphatic rings. The first kappa shape index (κ1) is 25.7. The van der Waals surface area contributed by atoms with Crippen LogP contribution < -0.4 is 0 Å². The Morgan fingerprint density at radius 3 is 1.18 bits per heavy atom. The number of hydrogen-bond acceptors (Lipinski definition) is 3. The number of rotatable bonds is 4. The fourth-order valence-corrected chi connectivity index (χ4v) is 4.89. The summed E-state index contributed by atoms with van der Waals surface area (Å²) in [5, 5.41) is 33.0. The van der Waals surface area contributed by atoms with E-state index in [9.17, 15) is 15.3 Å². The van der Waals surface area contributed by atoms with E-state index < -0.39 is 0 Å². The standard InChI is InChI=1S/C31H40O3/c1-18-10-21(16-23-25(30(4,5)6)12-19(2)14-27(23)32)29(34)22(11-18)17-24-26(31(7,8)9)13-20(3)15-28(24)33/h10-15,32-34H,16-17H2,1-9H3. The van der Waals surface area contributed by atoms with Crippen molar-refractivity contribution in [3.8, 4) is 17.2 Å². The molecule has 0 heterocycles. The maximum atomic E-state index is 11.4. The largest absolute Gasteiger partial charge is 0.508 e. The van der Waals surface area contributed by atoms with Crippen LogP contribution in [0.5, 0.6) is 17.2 Å². The average molecular weight is 461 g/mol. The first-order chi connectivity index (χ1) is 15.6. The Kier molecular flexibility index (Phi) is 6.81. The van der Waals surface area contributed by atoms with Gasteiger partial charge in [0.2, 0.25) is 0 Å². The van der Waals surface area contributed by atoms with Crippen LogP contribution in [0, 0.1) is 20.8 Å². The first-order valence-electron chi connectivity index (χ1n) is 12.0. The minimum Gasteiger partial charge on any atom is -0.508 e. The number of aromatic hydroxyl groups is 3. The highest BCUT2D eigenvalue weighted by molar-refractivity contribution is 5.55. The van der Waals surface area contributed by atoms with Crippen molar-refractivity contribution in [2.45, 2.75) is 86.0 Å². The Balaban J connectivity index is 2.12. The number of aryl methyl sites for hydroxylation is 3. The van der Waals surface area contributed by atoms with Crippen molar-refractivity contribution in [3.05, 3.63) is 86.5 Å². The van der Waals surface area contributed by atoms with Crippen LogP contribution in [0.25, 0.3) is 0 Å². The fraction of sp³-hybridized carbons (Fsp3) is 0.419. The molecule has 0 unspecified atom stereocenters. The highest BCUT2D eigenvalue weighted by Gasteiger charge is 2.25. The Morgan fingerprint density at radius 1 is 0.529 bits per heavy atom. The number of benzene rings is 3. The van der Waals surface area contributed by atoms with Gasteiger partial charge in [-0.2, -0.15) is 0 Å². The Labute approximate surface area is 205 Å². The van der Waals surface area contributed by atoms with E-state index in [-0.39, 0.29) is 28.1 Å². The number of phenols is 3. The molecule has 0 saturated heterocycles. The van der Waals surface area contributed by atoms with E-state index in [4.69, 9.17) is 0 Å². The fourth-order valence-electron chi connectivity index (χ4n) is 4.89. The van der Waals surface area contributed by atoms with Crippen LogP contribution in [0.15, 0.2) is 36.4 Å². The molecule has 0 bridgehead atoms. The Hall–Kier alpha value is -2.94. The molecule has 34 heavy (non-hydrogen) atoms. The lowest BCUT2D eigenvalue weighted by atomic mass is 9.79. The van der Waals surface area contributed by atoms with Gasteiger partial charge < -0.3 is 15.3 Å².